The van der Waals surface area contributed by atoms with Crippen molar-refractivity contribution in [2.75, 3.05) is 0 Å². The summed E-state index contributed by atoms with van der Waals surface area (Å²) in [5.41, 5.74) is 6.29. The van der Waals surface area contributed by atoms with Crippen molar-refractivity contribution in [3.8, 4) is 0 Å². The maximum absolute atomic E-state index is 4.87. The molecule has 0 bridgehead atoms. The number of thiophene rings is 1. The van der Waals surface area contributed by atoms with E-state index in [1.807, 2.05) is 96.2 Å². The van der Waals surface area contributed by atoms with Gasteiger partial charge in [-0.3, -0.25) is 9.97 Å². The number of fused-ring (bicyclic) bond motifs is 2. The molecular weight excluding hydrogens is 1540 g/mol. The highest BCUT2D eigenvalue weighted by molar-refractivity contribution is 7.09. The highest BCUT2D eigenvalue weighted by Gasteiger charge is 2.02. The zero-order chi connectivity index (χ0) is 89.6. The van der Waals surface area contributed by atoms with Crippen molar-refractivity contribution in [2.45, 2.75) is 247 Å². The fourth-order valence-corrected chi connectivity index (χ4v) is 6.44. The van der Waals surface area contributed by atoms with Crippen LogP contribution in [0.5, 0.6) is 0 Å². The predicted molar refractivity (Wildman–Crippen MR) is 508 cm³/mol. The predicted octanol–water partition coefficient (Wildman–Crippen LogP) is 31.8. The topological polar surface area (TPSA) is 233 Å². The number of aromatic nitrogens is 13. The standard InChI is InChI=1S/C10H8.C9H7N.C5H8N2O.C5H8N2S.C4H4O.C4H4S.10C4H10.2C3H3NO.2C3H3NS.C2H2N2O.C2H2N2S/c1-2-6-10-8-4-3-7-9(10)5-1;1-2-6-9-8(4-1)5-3-7-10-9;2*1-4(2)5-7-6-3-8-5;2*1-2-4-5-3-1;10*1-4(2)3;1-2-5-3-4-1;1-2-4-5-3-1;1-2-5-3-4-1;1-2-4-5-3-1;2*1-3-2-5-4-1/h1-8H;1-7H;2*3-4H,1-2H3;2*1-4H;10*4H,1-3H3;4*1-3H;2*1-2H. The molecule has 0 unspecified atom stereocenters. The molecule has 0 saturated carbocycles. The highest BCUT2D eigenvalue weighted by atomic mass is 32.1. The molecule has 0 atom stereocenters. The van der Waals surface area contributed by atoms with E-state index in [2.05, 4.69) is 364 Å². The number of thiazole rings is 1. The van der Waals surface area contributed by atoms with Crippen molar-refractivity contribution in [1.29, 1.82) is 0 Å². The zero-order valence-electron chi connectivity index (χ0n) is 77.5. The van der Waals surface area contributed by atoms with Gasteiger partial charge in [0.05, 0.1) is 35.9 Å². The molecule has 0 aliphatic rings. The van der Waals surface area contributed by atoms with Gasteiger partial charge in [0.1, 0.15) is 34.9 Å². The number of hydrogen-bond acceptors (Lipinski definition) is 23. The van der Waals surface area contributed by atoms with Gasteiger partial charge in [0.2, 0.25) is 18.7 Å². The van der Waals surface area contributed by atoms with Crippen molar-refractivity contribution in [1.82, 2.24) is 64.4 Å². The van der Waals surface area contributed by atoms with E-state index in [0.717, 1.165) is 69.7 Å². The first-order valence-corrected chi connectivity index (χ1v) is 44.2. The van der Waals surface area contributed by atoms with Gasteiger partial charge in [-0.1, -0.05) is 331 Å². The van der Waals surface area contributed by atoms with Gasteiger partial charge in [0, 0.05) is 46.6 Å². The highest BCUT2D eigenvalue weighted by Crippen LogP contribution is 2.14. The van der Waals surface area contributed by atoms with E-state index >= 15 is 0 Å². The molecule has 11 heterocycles. The third-order valence-corrected chi connectivity index (χ3v) is 10.8. The molecule has 0 saturated heterocycles. The Morgan fingerprint density at radius 3 is 0.983 bits per heavy atom. The molecule has 0 N–H and O–H groups in total. The summed E-state index contributed by atoms with van der Waals surface area (Å²) in [6.07, 6.45) is 21.6. The average Bonchev–Trinajstić information content (AvgIpc) is 1.14. The van der Waals surface area contributed by atoms with Gasteiger partial charge in [-0.05, 0) is 140 Å². The normalized spacial score (nSPS) is 9.02. The van der Waals surface area contributed by atoms with Gasteiger partial charge in [0.15, 0.2) is 12.7 Å². The van der Waals surface area contributed by atoms with E-state index in [1.54, 1.807) is 93.9 Å². The second kappa shape index (κ2) is 98.8. The first-order chi connectivity index (χ1) is 54.9. The van der Waals surface area contributed by atoms with Crippen molar-refractivity contribution in [3.05, 3.63) is 258 Å². The molecule has 23 heteroatoms. The first-order valence-electron chi connectivity index (χ1n) is 39.8. The summed E-state index contributed by atoms with van der Waals surface area (Å²) < 4.78 is 29.9. The van der Waals surface area contributed by atoms with Crippen LogP contribution in [-0.2, 0) is 0 Å². The maximum Gasteiger partial charge on any atom is 0.218 e. The molecule has 3 aromatic carbocycles. The van der Waals surface area contributed by atoms with Crippen molar-refractivity contribution in [2.24, 2.45) is 59.2 Å². The van der Waals surface area contributed by atoms with Gasteiger partial charge in [-0.2, -0.15) is 15.7 Å². The van der Waals surface area contributed by atoms with Crippen LogP contribution >= 0.6 is 57.1 Å². The molecule has 0 aliphatic carbocycles. The van der Waals surface area contributed by atoms with Crippen LogP contribution < -0.4 is 0 Å². The Kier molecular flexibility index (Phi) is 105. The van der Waals surface area contributed by atoms with Crippen LogP contribution in [0.4, 0.5) is 0 Å². The minimum atomic E-state index is 0.345. The average molecular weight is 1700 g/mol. The number of nitrogens with zero attached hydrogens (tertiary/aromatic N) is 13. The summed E-state index contributed by atoms with van der Waals surface area (Å²) in [5.74, 6) is 9.91. The van der Waals surface area contributed by atoms with Gasteiger partial charge < -0.3 is 22.3 Å². The first kappa shape index (κ1) is 123. The summed E-state index contributed by atoms with van der Waals surface area (Å²) >= 11 is 7.74. The number of benzene rings is 3. The quantitative estimate of drug-likeness (QED) is 0.156. The Bertz CT molecular complexity index is 2850. The van der Waals surface area contributed by atoms with Crippen molar-refractivity contribution < 1.29 is 22.3 Å². The van der Waals surface area contributed by atoms with Crippen LogP contribution in [0.2, 0.25) is 0 Å². The van der Waals surface area contributed by atoms with Crippen LogP contribution in [-0.4, -0.2) is 64.4 Å². The smallest absolute Gasteiger partial charge is 0.218 e. The molecule has 11 aromatic heterocycles. The SMILES string of the molecule is CC(C)C.CC(C)C.CC(C)C.CC(C)C.CC(C)C.CC(C)C.CC(C)C.CC(C)C.CC(C)C.CC(C)C.CC(C)c1nnco1.CC(C)c1nncs1.c1ccc2ccccc2c1.c1ccc2ncccc2c1.c1ccoc1.c1ccsc1.c1cnoc1.c1cnsc1.c1cocn1.c1cscn1.c1ncon1.c1ncsn1. The summed E-state index contributed by atoms with van der Waals surface area (Å²) in [7, 11) is 0. The maximum atomic E-state index is 4.87. The van der Waals surface area contributed by atoms with Crippen LogP contribution in [0.25, 0.3) is 21.7 Å². The monoisotopic (exact) mass is 1690 g/mol. The molecule has 0 fully saturated rings. The molecule has 116 heavy (non-hydrogen) atoms. The molecule has 0 aliphatic heterocycles. The minimum absolute atomic E-state index is 0.345. The third kappa shape index (κ3) is 144. The summed E-state index contributed by atoms with van der Waals surface area (Å²) in [6.45, 7) is 73.2. The number of rotatable bonds is 2. The number of oxazole rings is 1. The van der Waals surface area contributed by atoms with Crippen molar-refractivity contribution >= 4 is 78.8 Å². The molecule has 0 radical (unpaired) electrons. The lowest BCUT2D eigenvalue weighted by Crippen LogP contribution is -1.85. The van der Waals surface area contributed by atoms with Crippen LogP contribution in [0.15, 0.2) is 270 Å². The van der Waals surface area contributed by atoms with E-state index in [0.29, 0.717) is 17.7 Å². The number of hydrogen-bond donors (Lipinski definition) is 0. The van der Waals surface area contributed by atoms with Gasteiger partial charge >= 0.3 is 0 Å². The molecule has 18 nitrogen and oxygen atoms in total. The van der Waals surface area contributed by atoms with Gasteiger partial charge in [-0.15, -0.1) is 43.1 Å². The largest absolute Gasteiger partial charge is 0.473 e. The van der Waals surface area contributed by atoms with Crippen LogP contribution in [0.3, 0.4) is 0 Å². The van der Waals surface area contributed by atoms with E-state index < -0.39 is 0 Å². The van der Waals surface area contributed by atoms with E-state index in [1.165, 1.54) is 83.6 Å². The zero-order valence-corrected chi connectivity index (χ0v) is 81.6. The molecule has 14 aromatic rings. The third-order valence-electron chi connectivity index (χ3n) is 7.72. The fraction of sp³-hybridized carbons (Fsp3) is 0.495. The number of para-hydroxylation sites is 1. The van der Waals surface area contributed by atoms with Gasteiger partial charge in [0.25, 0.3) is 0 Å². The lowest BCUT2D eigenvalue weighted by molar-refractivity contribution is 0.416. The fourth-order valence-electron chi connectivity index (χ4n) is 4.44. The molecular formula is C93H155N13O5S5. The Labute approximate surface area is 724 Å². The second-order valence-corrected chi connectivity index (χ2v) is 35.0. The van der Waals surface area contributed by atoms with E-state index in [-0.39, 0.29) is 0 Å². The molecule has 0 spiro atoms. The summed E-state index contributed by atoms with van der Waals surface area (Å²) in [4.78, 5) is 18.6. The summed E-state index contributed by atoms with van der Waals surface area (Å²) in [5, 5.41) is 34.3. The Balaban J connectivity index is -0.000000177. The lowest BCUT2D eigenvalue weighted by atomic mass is 10.1. The van der Waals surface area contributed by atoms with E-state index in [4.69, 9.17) is 4.42 Å². The molecule has 14 rings (SSSR count). The summed E-state index contributed by atoms with van der Waals surface area (Å²) in [6, 6.07) is 40.1. The van der Waals surface area contributed by atoms with E-state index in [9.17, 15) is 0 Å². The Hall–Kier alpha value is -8.61. The van der Waals surface area contributed by atoms with Crippen molar-refractivity contribution in [3.63, 3.8) is 0 Å². The van der Waals surface area contributed by atoms with Crippen LogP contribution in [0.1, 0.15) is 258 Å². The molecule has 652 valence electrons. The molecule has 0 amide bonds. The number of furan rings is 1. The Morgan fingerprint density at radius 1 is 0.293 bits per heavy atom. The lowest BCUT2D eigenvalue weighted by Gasteiger charge is -1.92. The second-order valence-electron chi connectivity index (χ2n) is 31.2. The Morgan fingerprint density at radius 2 is 0.784 bits per heavy atom. The van der Waals surface area contributed by atoms with Gasteiger partial charge in [-0.25, -0.2) is 19.3 Å². The minimum Gasteiger partial charge on any atom is -0.473 e. The number of pyridine rings is 1. The van der Waals surface area contributed by atoms with Crippen LogP contribution in [0, 0.1) is 59.2 Å².